The summed E-state index contributed by atoms with van der Waals surface area (Å²) in [7, 11) is 0. The van der Waals surface area contributed by atoms with Gasteiger partial charge in [0.1, 0.15) is 12.0 Å². The van der Waals surface area contributed by atoms with Gasteiger partial charge in [0.05, 0.1) is 5.01 Å². The molecule has 1 saturated carbocycles. The number of fused-ring (bicyclic) bond motifs is 1. The molecule has 0 saturated heterocycles. The highest BCUT2D eigenvalue weighted by Gasteiger charge is 2.25. The van der Waals surface area contributed by atoms with Gasteiger partial charge in [0.25, 0.3) is 0 Å². The number of hydrogen-bond acceptors (Lipinski definition) is 7. The van der Waals surface area contributed by atoms with Crippen molar-refractivity contribution in [2.75, 3.05) is 0 Å². The van der Waals surface area contributed by atoms with E-state index in [1.165, 1.54) is 12.8 Å². The average Bonchev–Trinajstić information content (AvgIpc) is 3.39. The van der Waals surface area contributed by atoms with Crippen LogP contribution in [0, 0.1) is 6.92 Å². The fourth-order valence-electron chi connectivity index (χ4n) is 3.31. The lowest BCUT2D eigenvalue weighted by molar-refractivity contribution is 0.658. The largest absolute Gasteiger partial charge is 0.238 e. The van der Waals surface area contributed by atoms with Crippen molar-refractivity contribution in [3.8, 4) is 17.3 Å². The van der Waals surface area contributed by atoms with Crippen LogP contribution in [0.25, 0.3) is 23.0 Å². The minimum atomic E-state index is 0.429. The highest BCUT2D eigenvalue weighted by atomic mass is 32.1. The molecule has 0 atom stereocenters. The van der Waals surface area contributed by atoms with Crippen LogP contribution in [-0.2, 0) is 0 Å². The van der Waals surface area contributed by atoms with E-state index in [2.05, 4.69) is 20.3 Å². The molecule has 0 aromatic carbocycles. The summed E-state index contributed by atoms with van der Waals surface area (Å²) >= 11 is 1.61. The average molecular weight is 352 g/mol. The Morgan fingerprint density at radius 1 is 1.12 bits per heavy atom. The van der Waals surface area contributed by atoms with Crippen LogP contribution < -0.4 is 0 Å². The fourth-order valence-corrected chi connectivity index (χ4v) is 3.90. The quantitative estimate of drug-likeness (QED) is 0.563. The van der Waals surface area contributed by atoms with Gasteiger partial charge in [-0.15, -0.1) is 31.7 Å². The topological polar surface area (TPSA) is 86.7 Å². The van der Waals surface area contributed by atoms with Crippen LogP contribution in [0.3, 0.4) is 0 Å². The number of thiazole rings is 1. The second-order valence-corrected chi connectivity index (χ2v) is 7.33. The van der Waals surface area contributed by atoms with E-state index in [4.69, 9.17) is 10.1 Å². The Balaban J connectivity index is 1.67. The monoisotopic (exact) mass is 352 g/mol. The van der Waals surface area contributed by atoms with Crippen molar-refractivity contribution in [3.63, 3.8) is 0 Å². The highest BCUT2D eigenvalue weighted by molar-refractivity contribution is 7.09. The summed E-state index contributed by atoms with van der Waals surface area (Å²) < 4.78 is 3.43. The summed E-state index contributed by atoms with van der Waals surface area (Å²) in [6, 6.07) is 3.77. The summed E-state index contributed by atoms with van der Waals surface area (Å²) in [6.45, 7) is 1.99. The summed E-state index contributed by atoms with van der Waals surface area (Å²) in [5, 5.41) is 20.3. The van der Waals surface area contributed by atoms with Crippen LogP contribution in [0.1, 0.15) is 42.4 Å². The standard InChI is InChI=1S/C16H16N8S/c1-10-18-12(8-25-10)16-19-15(11-4-2-3-5-11)22-24(16)14-7-6-13-20-17-9-23(13)21-14/h6-9,11H,2-5H2,1H3. The van der Waals surface area contributed by atoms with Gasteiger partial charge in [0, 0.05) is 11.3 Å². The van der Waals surface area contributed by atoms with Crippen molar-refractivity contribution in [1.82, 2.24) is 39.6 Å². The summed E-state index contributed by atoms with van der Waals surface area (Å²) in [5.41, 5.74) is 1.54. The van der Waals surface area contributed by atoms with Crippen molar-refractivity contribution in [1.29, 1.82) is 0 Å². The molecule has 9 heteroatoms. The third-order valence-electron chi connectivity index (χ3n) is 4.56. The van der Waals surface area contributed by atoms with Gasteiger partial charge in [0.15, 0.2) is 23.1 Å². The van der Waals surface area contributed by atoms with E-state index in [1.54, 1.807) is 26.9 Å². The maximum Gasteiger partial charge on any atom is 0.184 e. The predicted octanol–water partition coefficient (Wildman–Crippen LogP) is 2.79. The number of rotatable bonds is 3. The Hall–Kier alpha value is -2.68. The lowest BCUT2D eigenvalue weighted by Crippen LogP contribution is -2.06. The molecule has 0 radical (unpaired) electrons. The number of aromatic nitrogens is 8. The summed E-state index contributed by atoms with van der Waals surface area (Å²) in [5.74, 6) is 2.75. The second-order valence-electron chi connectivity index (χ2n) is 6.26. The van der Waals surface area contributed by atoms with Gasteiger partial charge in [-0.2, -0.15) is 9.20 Å². The van der Waals surface area contributed by atoms with E-state index in [0.29, 0.717) is 17.4 Å². The van der Waals surface area contributed by atoms with E-state index in [1.807, 2.05) is 24.4 Å². The van der Waals surface area contributed by atoms with Gasteiger partial charge in [-0.1, -0.05) is 12.8 Å². The third-order valence-corrected chi connectivity index (χ3v) is 5.33. The number of nitrogens with zero attached hydrogens (tertiary/aromatic N) is 8. The molecule has 0 aliphatic heterocycles. The van der Waals surface area contributed by atoms with Gasteiger partial charge < -0.3 is 0 Å². The van der Waals surface area contributed by atoms with E-state index < -0.39 is 0 Å². The lowest BCUT2D eigenvalue weighted by Gasteiger charge is -2.03. The molecule has 25 heavy (non-hydrogen) atoms. The predicted molar refractivity (Wildman–Crippen MR) is 92.8 cm³/mol. The van der Waals surface area contributed by atoms with Gasteiger partial charge in [-0.05, 0) is 31.9 Å². The first-order valence-electron chi connectivity index (χ1n) is 8.35. The Kier molecular flexibility index (Phi) is 3.34. The minimum absolute atomic E-state index is 0.429. The van der Waals surface area contributed by atoms with Crippen LogP contribution in [0.4, 0.5) is 0 Å². The van der Waals surface area contributed by atoms with Crippen LogP contribution in [-0.4, -0.2) is 39.6 Å². The molecule has 0 spiro atoms. The zero-order valence-electron chi connectivity index (χ0n) is 13.7. The first kappa shape index (κ1) is 14.6. The molecule has 1 aliphatic rings. The zero-order valence-corrected chi connectivity index (χ0v) is 14.5. The molecule has 5 rings (SSSR count). The van der Waals surface area contributed by atoms with Crippen LogP contribution >= 0.6 is 11.3 Å². The first-order valence-corrected chi connectivity index (χ1v) is 9.23. The summed E-state index contributed by atoms with van der Waals surface area (Å²) in [6.07, 6.45) is 6.37. The molecule has 1 aliphatic carbocycles. The van der Waals surface area contributed by atoms with E-state index in [9.17, 15) is 0 Å². The molecular formula is C16H16N8S. The molecule has 0 unspecified atom stereocenters. The van der Waals surface area contributed by atoms with Crippen molar-refractivity contribution < 1.29 is 0 Å². The fraction of sp³-hybridized carbons (Fsp3) is 0.375. The van der Waals surface area contributed by atoms with Crippen LogP contribution in [0.2, 0.25) is 0 Å². The smallest absolute Gasteiger partial charge is 0.184 e. The third kappa shape index (κ3) is 2.51. The number of hydrogen-bond donors (Lipinski definition) is 0. The Bertz CT molecular complexity index is 1040. The Labute approximate surface area is 147 Å². The minimum Gasteiger partial charge on any atom is -0.238 e. The molecule has 0 amide bonds. The molecule has 126 valence electrons. The maximum absolute atomic E-state index is 4.84. The van der Waals surface area contributed by atoms with Crippen molar-refractivity contribution in [2.24, 2.45) is 0 Å². The Morgan fingerprint density at radius 3 is 2.80 bits per heavy atom. The van der Waals surface area contributed by atoms with E-state index in [-0.39, 0.29) is 0 Å². The first-order chi connectivity index (χ1) is 12.3. The molecule has 4 aromatic heterocycles. The molecule has 0 bridgehead atoms. The maximum atomic E-state index is 4.84. The molecule has 1 fully saturated rings. The highest BCUT2D eigenvalue weighted by Crippen LogP contribution is 2.34. The van der Waals surface area contributed by atoms with E-state index >= 15 is 0 Å². The zero-order chi connectivity index (χ0) is 16.8. The van der Waals surface area contributed by atoms with Gasteiger partial charge in [-0.25, -0.2) is 9.97 Å². The molecular weight excluding hydrogens is 336 g/mol. The molecule has 8 nitrogen and oxygen atoms in total. The van der Waals surface area contributed by atoms with Crippen molar-refractivity contribution >= 4 is 17.0 Å². The van der Waals surface area contributed by atoms with Crippen molar-refractivity contribution in [3.05, 3.63) is 34.7 Å². The molecule has 0 N–H and O–H groups in total. The Morgan fingerprint density at radius 2 is 2.00 bits per heavy atom. The molecule has 4 heterocycles. The van der Waals surface area contributed by atoms with Crippen LogP contribution in [0.15, 0.2) is 23.8 Å². The lowest BCUT2D eigenvalue weighted by atomic mass is 10.1. The second kappa shape index (κ2) is 5.69. The molecule has 4 aromatic rings. The van der Waals surface area contributed by atoms with Gasteiger partial charge in [-0.3, -0.25) is 0 Å². The number of aryl methyl sites for hydroxylation is 1. The van der Waals surface area contributed by atoms with E-state index in [0.717, 1.165) is 35.2 Å². The SMILES string of the molecule is Cc1nc(-c2nc(C3CCCC3)nn2-c2ccc3nncn3n2)cs1. The van der Waals surface area contributed by atoms with Crippen LogP contribution in [0.5, 0.6) is 0 Å². The van der Waals surface area contributed by atoms with Gasteiger partial charge >= 0.3 is 0 Å². The summed E-state index contributed by atoms with van der Waals surface area (Å²) in [4.78, 5) is 9.43. The normalized spacial score (nSPS) is 15.4. The van der Waals surface area contributed by atoms with Gasteiger partial charge in [0.2, 0.25) is 0 Å². The van der Waals surface area contributed by atoms with Crippen molar-refractivity contribution in [2.45, 2.75) is 38.5 Å².